The number of hydrogen-bond donors (Lipinski definition) is 1. The second-order valence-corrected chi connectivity index (χ2v) is 7.06. The fourth-order valence-corrected chi connectivity index (χ4v) is 3.16. The molecule has 0 aliphatic rings. The molecule has 0 aliphatic heterocycles. The van der Waals surface area contributed by atoms with Gasteiger partial charge in [0.1, 0.15) is 0 Å². The summed E-state index contributed by atoms with van der Waals surface area (Å²) >= 11 is 0. The summed E-state index contributed by atoms with van der Waals surface area (Å²) in [5, 5.41) is 2.91. The maximum Gasteiger partial charge on any atom is 0.224 e. The van der Waals surface area contributed by atoms with E-state index in [9.17, 15) is 4.79 Å². The summed E-state index contributed by atoms with van der Waals surface area (Å²) in [7, 11) is 0. The Kier molecular flexibility index (Phi) is 7.81. The SMILES string of the molecule is CCCCCCC(=O)Nc1ccc(OC(c2ccccc2)c2ccccc2)nc1. The molecule has 0 aliphatic carbocycles. The van der Waals surface area contributed by atoms with Crippen molar-refractivity contribution in [3.63, 3.8) is 0 Å². The summed E-state index contributed by atoms with van der Waals surface area (Å²) in [5.41, 5.74) is 2.81. The molecule has 4 nitrogen and oxygen atoms in total. The van der Waals surface area contributed by atoms with Crippen molar-refractivity contribution in [1.82, 2.24) is 4.98 Å². The molecule has 150 valence electrons. The van der Waals surface area contributed by atoms with E-state index in [-0.39, 0.29) is 12.0 Å². The number of aromatic nitrogens is 1. The van der Waals surface area contributed by atoms with Gasteiger partial charge in [-0.05, 0) is 23.6 Å². The van der Waals surface area contributed by atoms with Crippen LogP contribution in [0, 0.1) is 0 Å². The van der Waals surface area contributed by atoms with Crippen molar-refractivity contribution in [2.45, 2.75) is 45.1 Å². The fourth-order valence-electron chi connectivity index (χ4n) is 3.16. The monoisotopic (exact) mass is 388 g/mol. The van der Waals surface area contributed by atoms with Crippen molar-refractivity contribution >= 4 is 11.6 Å². The Morgan fingerprint density at radius 1 is 0.897 bits per heavy atom. The molecule has 1 amide bonds. The highest BCUT2D eigenvalue weighted by Crippen LogP contribution is 2.27. The van der Waals surface area contributed by atoms with Gasteiger partial charge >= 0.3 is 0 Å². The summed E-state index contributed by atoms with van der Waals surface area (Å²) in [6.07, 6.45) is 6.29. The molecule has 0 radical (unpaired) electrons. The van der Waals surface area contributed by atoms with Crippen LogP contribution in [0.15, 0.2) is 79.0 Å². The second kappa shape index (κ2) is 11.0. The number of hydrogen-bond acceptors (Lipinski definition) is 3. The Labute approximate surface area is 173 Å². The van der Waals surface area contributed by atoms with Gasteiger partial charge in [-0.15, -0.1) is 0 Å². The Hall–Kier alpha value is -3.14. The molecule has 0 spiro atoms. The third-order valence-corrected chi connectivity index (χ3v) is 4.72. The van der Waals surface area contributed by atoms with E-state index in [0.717, 1.165) is 24.0 Å². The molecule has 1 N–H and O–H groups in total. The third kappa shape index (κ3) is 6.46. The number of unbranched alkanes of at least 4 members (excludes halogenated alkanes) is 3. The van der Waals surface area contributed by atoms with Crippen LogP contribution in [0.25, 0.3) is 0 Å². The van der Waals surface area contributed by atoms with Crippen LogP contribution in [0.2, 0.25) is 0 Å². The molecule has 3 rings (SSSR count). The predicted molar refractivity (Wildman–Crippen MR) is 117 cm³/mol. The van der Waals surface area contributed by atoms with Gasteiger partial charge in [0, 0.05) is 12.5 Å². The smallest absolute Gasteiger partial charge is 0.224 e. The minimum Gasteiger partial charge on any atom is -0.465 e. The van der Waals surface area contributed by atoms with E-state index in [4.69, 9.17) is 4.74 Å². The zero-order valence-corrected chi connectivity index (χ0v) is 16.9. The molecule has 0 saturated carbocycles. The summed E-state index contributed by atoms with van der Waals surface area (Å²) in [5.74, 6) is 0.548. The lowest BCUT2D eigenvalue weighted by Gasteiger charge is -2.19. The first-order valence-electron chi connectivity index (χ1n) is 10.3. The van der Waals surface area contributed by atoms with Crippen molar-refractivity contribution in [2.75, 3.05) is 5.32 Å². The molecule has 0 bridgehead atoms. The van der Waals surface area contributed by atoms with E-state index in [1.165, 1.54) is 12.8 Å². The number of nitrogens with one attached hydrogen (secondary N) is 1. The Morgan fingerprint density at radius 3 is 2.10 bits per heavy atom. The molecule has 2 aromatic carbocycles. The number of nitrogens with zero attached hydrogens (tertiary/aromatic N) is 1. The fraction of sp³-hybridized carbons (Fsp3) is 0.280. The van der Waals surface area contributed by atoms with Gasteiger partial charge in [-0.2, -0.15) is 0 Å². The minimum absolute atomic E-state index is 0.0306. The number of carbonyl (C=O) groups is 1. The Bertz CT molecular complexity index is 825. The number of anilines is 1. The molecule has 0 saturated heterocycles. The molecule has 0 unspecified atom stereocenters. The molecule has 3 aromatic rings. The molecule has 0 fully saturated rings. The zero-order valence-electron chi connectivity index (χ0n) is 16.9. The van der Waals surface area contributed by atoms with E-state index in [1.54, 1.807) is 12.3 Å². The zero-order chi connectivity index (χ0) is 20.3. The minimum atomic E-state index is -0.246. The van der Waals surface area contributed by atoms with Crippen LogP contribution < -0.4 is 10.1 Å². The van der Waals surface area contributed by atoms with Gasteiger partial charge in [-0.25, -0.2) is 4.98 Å². The molecular weight excluding hydrogens is 360 g/mol. The summed E-state index contributed by atoms with van der Waals surface area (Å²) in [6.45, 7) is 2.16. The molecule has 4 heteroatoms. The number of carbonyl (C=O) groups excluding carboxylic acids is 1. The van der Waals surface area contributed by atoms with Gasteiger partial charge in [0.2, 0.25) is 11.8 Å². The second-order valence-electron chi connectivity index (χ2n) is 7.06. The third-order valence-electron chi connectivity index (χ3n) is 4.72. The van der Waals surface area contributed by atoms with Crippen LogP contribution >= 0.6 is 0 Å². The normalized spacial score (nSPS) is 10.7. The first-order chi connectivity index (χ1) is 14.3. The van der Waals surface area contributed by atoms with Gasteiger partial charge in [0.05, 0.1) is 11.9 Å². The summed E-state index contributed by atoms with van der Waals surface area (Å²) in [4.78, 5) is 16.4. The van der Waals surface area contributed by atoms with E-state index in [1.807, 2.05) is 66.7 Å². The van der Waals surface area contributed by atoms with E-state index < -0.39 is 0 Å². The molecule has 29 heavy (non-hydrogen) atoms. The van der Waals surface area contributed by atoms with E-state index in [2.05, 4.69) is 17.2 Å². The van der Waals surface area contributed by atoms with Crippen molar-refractivity contribution in [3.05, 3.63) is 90.1 Å². The average molecular weight is 389 g/mol. The highest BCUT2D eigenvalue weighted by molar-refractivity contribution is 5.90. The van der Waals surface area contributed by atoms with Gasteiger partial charge in [0.15, 0.2) is 6.10 Å². The van der Waals surface area contributed by atoms with Crippen molar-refractivity contribution in [3.8, 4) is 5.88 Å². The number of benzene rings is 2. The van der Waals surface area contributed by atoms with Crippen molar-refractivity contribution in [2.24, 2.45) is 0 Å². The highest BCUT2D eigenvalue weighted by Gasteiger charge is 2.16. The van der Waals surface area contributed by atoms with Crippen LogP contribution in [0.4, 0.5) is 5.69 Å². The number of rotatable bonds is 10. The highest BCUT2D eigenvalue weighted by atomic mass is 16.5. The van der Waals surface area contributed by atoms with Gasteiger partial charge in [-0.1, -0.05) is 86.8 Å². The Balaban J connectivity index is 1.64. The lowest BCUT2D eigenvalue weighted by atomic mass is 10.0. The molecule has 1 heterocycles. The molecule has 0 atom stereocenters. The van der Waals surface area contributed by atoms with Crippen molar-refractivity contribution in [1.29, 1.82) is 0 Å². The van der Waals surface area contributed by atoms with Crippen LogP contribution in [0.5, 0.6) is 5.88 Å². The average Bonchev–Trinajstić information content (AvgIpc) is 2.77. The van der Waals surface area contributed by atoms with Crippen molar-refractivity contribution < 1.29 is 9.53 Å². The maximum absolute atomic E-state index is 12.0. The quantitative estimate of drug-likeness (QED) is 0.423. The first kappa shape index (κ1) is 20.6. The van der Waals surface area contributed by atoms with E-state index >= 15 is 0 Å². The number of ether oxygens (including phenoxy) is 1. The maximum atomic E-state index is 12.0. The lowest BCUT2D eigenvalue weighted by molar-refractivity contribution is -0.116. The predicted octanol–water partition coefficient (Wildman–Crippen LogP) is 6.16. The largest absolute Gasteiger partial charge is 0.465 e. The van der Waals surface area contributed by atoms with Gasteiger partial charge in [-0.3, -0.25) is 4.79 Å². The topological polar surface area (TPSA) is 51.2 Å². The first-order valence-corrected chi connectivity index (χ1v) is 10.3. The standard InChI is InChI=1S/C25H28N2O2/c1-2-3-4-11-16-23(28)27-22-17-18-24(26-19-22)29-25(20-12-7-5-8-13-20)21-14-9-6-10-15-21/h5-10,12-15,17-19,25H,2-4,11,16H2,1H3,(H,27,28). The van der Waals surface area contributed by atoms with Crippen LogP contribution in [0.1, 0.15) is 56.3 Å². The lowest BCUT2D eigenvalue weighted by Crippen LogP contribution is -2.12. The van der Waals surface area contributed by atoms with Gasteiger partial charge in [0.25, 0.3) is 0 Å². The number of amides is 1. The Morgan fingerprint density at radius 2 is 1.55 bits per heavy atom. The number of pyridine rings is 1. The summed E-state index contributed by atoms with van der Waals surface area (Å²) in [6, 6.07) is 23.8. The van der Waals surface area contributed by atoms with E-state index in [0.29, 0.717) is 18.0 Å². The van der Waals surface area contributed by atoms with Crippen LogP contribution in [0.3, 0.4) is 0 Å². The molecular formula is C25H28N2O2. The molecule has 1 aromatic heterocycles. The van der Waals surface area contributed by atoms with Crippen LogP contribution in [-0.2, 0) is 4.79 Å². The van der Waals surface area contributed by atoms with Gasteiger partial charge < -0.3 is 10.1 Å². The summed E-state index contributed by atoms with van der Waals surface area (Å²) < 4.78 is 6.21. The van der Waals surface area contributed by atoms with Crippen LogP contribution in [-0.4, -0.2) is 10.9 Å².